The summed E-state index contributed by atoms with van der Waals surface area (Å²) in [6, 6.07) is 4.37. The number of benzene rings is 1. The zero-order valence-electron chi connectivity index (χ0n) is 9.14. The molecule has 0 aromatic heterocycles. The number of rotatable bonds is 3. The van der Waals surface area contributed by atoms with E-state index in [4.69, 9.17) is 0 Å². The smallest absolute Gasteiger partial charge is 0.270 e. The number of hydrogen-bond acceptors (Lipinski definition) is 3. The second kappa shape index (κ2) is 4.44. The summed E-state index contributed by atoms with van der Waals surface area (Å²) in [4.78, 5) is 22.0. The summed E-state index contributed by atoms with van der Waals surface area (Å²) in [5, 5.41) is 13.5. The highest BCUT2D eigenvalue weighted by Crippen LogP contribution is 2.30. The van der Waals surface area contributed by atoms with Crippen LogP contribution in [0.2, 0.25) is 0 Å². The summed E-state index contributed by atoms with van der Waals surface area (Å²) in [6.07, 6.45) is 0.971. The van der Waals surface area contributed by atoms with E-state index in [0.29, 0.717) is 16.0 Å². The zero-order chi connectivity index (χ0) is 12.6. The first-order valence-electron chi connectivity index (χ1n) is 5.24. The number of carbonyl (C=O) groups is 1. The Kier molecular flexibility index (Phi) is 3.15. The number of hydrogen-bond donors (Lipinski definition) is 1. The minimum atomic E-state index is -0.511. The summed E-state index contributed by atoms with van der Waals surface area (Å²) in [7, 11) is 0. The summed E-state index contributed by atoms with van der Waals surface area (Å²) in [6.45, 7) is 2.05. The fraction of sp³-hybridized carbons (Fsp3) is 0.364. The molecule has 0 spiro atoms. The van der Waals surface area contributed by atoms with Crippen LogP contribution in [0.3, 0.4) is 0 Å². The number of amides is 1. The van der Waals surface area contributed by atoms with Crippen LogP contribution in [0.5, 0.6) is 0 Å². The van der Waals surface area contributed by atoms with E-state index in [1.807, 2.05) is 6.92 Å². The zero-order valence-corrected chi connectivity index (χ0v) is 10.7. The summed E-state index contributed by atoms with van der Waals surface area (Å²) in [5.41, 5.74) is 0.223. The topological polar surface area (TPSA) is 72.2 Å². The van der Waals surface area contributed by atoms with Crippen LogP contribution in [0.25, 0.3) is 0 Å². The van der Waals surface area contributed by atoms with Gasteiger partial charge in [-0.05, 0) is 34.3 Å². The highest BCUT2D eigenvalue weighted by atomic mass is 79.9. The maximum atomic E-state index is 11.9. The number of halogens is 1. The SMILES string of the molecule is CC1CC1NC(=O)c1cc([N+](=O)[O-])ccc1Br. The van der Waals surface area contributed by atoms with Gasteiger partial charge in [-0.15, -0.1) is 0 Å². The number of non-ortho nitro benzene ring substituents is 1. The van der Waals surface area contributed by atoms with Crippen molar-refractivity contribution in [1.82, 2.24) is 5.32 Å². The molecular formula is C11H11BrN2O3. The Morgan fingerprint density at radius 1 is 1.59 bits per heavy atom. The molecule has 1 aliphatic rings. The summed E-state index contributed by atoms with van der Waals surface area (Å²) < 4.78 is 0.564. The Balaban J connectivity index is 2.21. The second-order valence-corrected chi connectivity index (χ2v) is 5.07. The Hall–Kier alpha value is -1.43. The van der Waals surface area contributed by atoms with Gasteiger partial charge in [-0.2, -0.15) is 0 Å². The molecule has 5 nitrogen and oxygen atoms in total. The third kappa shape index (κ3) is 2.63. The number of carbonyl (C=O) groups excluding carboxylic acids is 1. The van der Waals surface area contributed by atoms with Crippen LogP contribution in [0.4, 0.5) is 5.69 Å². The van der Waals surface area contributed by atoms with Crippen molar-refractivity contribution in [3.05, 3.63) is 38.3 Å². The highest BCUT2D eigenvalue weighted by Gasteiger charge is 2.34. The van der Waals surface area contributed by atoms with Gasteiger partial charge >= 0.3 is 0 Å². The van der Waals surface area contributed by atoms with Crippen molar-refractivity contribution in [3.8, 4) is 0 Å². The Morgan fingerprint density at radius 3 is 2.76 bits per heavy atom. The lowest BCUT2D eigenvalue weighted by Gasteiger charge is -2.05. The van der Waals surface area contributed by atoms with Gasteiger partial charge in [0.1, 0.15) is 0 Å². The molecule has 90 valence electrons. The van der Waals surface area contributed by atoms with Crippen molar-refractivity contribution >= 4 is 27.5 Å². The Morgan fingerprint density at radius 2 is 2.24 bits per heavy atom. The van der Waals surface area contributed by atoms with Gasteiger partial charge in [0.2, 0.25) is 0 Å². The minimum absolute atomic E-state index is 0.0813. The maximum Gasteiger partial charge on any atom is 0.270 e. The lowest BCUT2D eigenvalue weighted by Crippen LogP contribution is -2.26. The number of nitrogens with one attached hydrogen (secondary N) is 1. The molecule has 17 heavy (non-hydrogen) atoms. The molecule has 1 aromatic carbocycles. The number of nitro benzene ring substituents is 1. The van der Waals surface area contributed by atoms with Crippen LogP contribution in [-0.4, -0.2) is 16.9 Å². The van der Waals surface area contributed by atoms with Gasteiger partial charge in [0.15, 0.2) is 0 Å². The van der Waals surface area contributed by atoms with Gasteiger partial charge in [-0.25, -0.2) is 0 Å². The monoisotopic (exact) mass is 298 g/mol. The average Bonchev–Trinajstić information content (AvgIpc) is 2.94. The molecule has 0 saturated heterocycles. The molecule has 2 atom stereocenters. The van der Waals surface area contributed by atoms with E-state index in [1.165, 1.54) is 18.2 Å². The molecule has 1 saturated carbocycles. The average molecular weight is 299 g/mol. The van der Waals surface area contributed by atoms with E-state index >= 15 is 0 Å². The minimum Gasteiger partial charge on any atom is -0.349 e. The molecule has 1 fully saturated rings. The van der Waals surface area contributed by atoms with Crippen molar-refractivity contribution < 1.29 is 9.72 Å². The van der Waals surface area contributed by atoms with Crippen molar-refractivity contribution in [1.29, 1.82) is 0 Å². The predicted octanol–water partition coefficient (Wildman–Crippen LogP) is 2.50. The normalized spacial score (nSPS) is 22.0. The first kappa shape index (κ1) is 12.0. The molecule has 1 aromatic rings. The molecule has 6 heteroatoms. The van der Waals surface area contributed by atoms with Crippen molar-refractivity contribution in [2.45, 2.75) is 19.4 Å². The van der Waals surface area contributed by atoms with E-state index in [2.05, 4.69) is 21.2 Å². The van der Waals surface area contributed by atoms with Gasteiger partial charge in [-0.3, -0.25) is 14.9 Å². The molecule has 0 heterocycles. The number of nitrogens with zero attached hydrogens (tertiary/aromatic N) is 1. The second-order valence-electron chi connectivity index (χ2n) is 4.21. The molecule has 0 radical (unpaired) electrons. The molecule has 2 rings (SSSR count). The van der Waals surface area contributed by atoms with Gasteiger partial charge < -0.3 is 5.32 Å². The lowest BCUT2D eigenvalue weighted by molar-refractivity contribution is -0.384. The van der Waals surface area contributed by atoms with Gasteiger partial charge in [-0.1, -0.05) is 6.92 Å². The fourth-order valence-electron chi connectivity index (χ4n) is 1.57. The largest absolute Gasteiger partial charge is 0.349 e. The molecule has 1 aliphatic carbocycles. The van der Waals surface area contributed by atoms with Crippen LogP contribution < -0.4 is 5.32 Å². The first-order valence-corrected chi connectivity index (χ1v) is 6.03. The quantitative estimate of drug-likeness (QED) is 0.688. The van der Waals surface area contributed by atoms with Gasteiger partial charge in [0.25, 0.3) is 11.6 Å². The standard InChI is InChI=1S/C11H11BrN2O3/c1-6-4-10(6)13-11(15)8-5-7(14(16)17)2-3-9(8)12/h2-3,5-6,10H,4H2,1H3,(H,13,15). The van der Waals surface area contributed by atoms with E-state index in [-0.39, 0.29) is 17.6 Å². The number of nitro groups is 1. The summed E-state index contributed by atoms with van der Waals surface area (Å²) in [5.74, 6) is 0.228. The first-order chi connectivity index (χ1) is 7.99. The van der Waals surface area contributed by atoms with Crippen LogP contribution >= 0.6 is 15.9 Å². The molecule has 0 bridgehead atoms. The predicted molar refractivity (Wildman–Crippen MR) is 65.8 cm³/mol. The van der Waals surface area contributed by atoms with Crippen LogP contribution in [-0.2, 0) is 0 Å². The highest BCUT2D eigenvalue weighted by molar-refractivity contribution is 9.10. The molecule has 1 N–H and O–H groups in total. The molecule has 0 aliphatic heterocycles. The van der Waals surface area contributed by atoms with E-state index < -0.39 is 4.92 Å². The van der Waals surface area contributed by atoms with E-state index in [9.17, 15) is 14.9 Å². The van der Waals surface area contributed by atoms with Crippen molar-refractivity contribution in [2.24, 2.45) is 5.92 Å². The Bertz CT molecular complexity index is 490. The third-order valence-electron chi connectivity index (χ3n) is 2.83. The molecule has 2 unspecified atom stereocenters. The molecular weight excluding hydrogens is 288 g/mol. The van der Waals surface area contributed by atoms with Crippen molar-refractivity contribution in [3.63, 3.8) is 0 Å². The van der Waals surface area contributed by atoms with Crippen LogP contribution in [0.15, 0.2) is 22.7 Å². The van der Waals surface area contributed by atoms with Crippen LogP contribution in [0.1, 0.15) is 23.7 Å². The van der Waals surface area contributed by atoms with Crippen LogP contribution in [0, 0.1) is 16.0 Å². The summed E-state index contributed by atoms with van der Waals surface area (Å²) >= 11 is 3.22. The van der Waals surface area contributed by atoms with E-state index in [0.717, 1.165) is 6.42 Å². The molecule has 1 amide bonds. The maximum absolute atomic E-state index is 11.9. The van der Waals surface area contributed by atoms with Gasteiger partial charge in [0.05, 0.1) is 10.5 Å². The lowest BCUT2D eigenvalue weighted by atomic mass is 10.2. The van der Waals surface area contributed by atoms with Crippen molar-refractivity contribution in [2.75, 3.05) is 0 Å². The Labute approximate surface area is 106 Å². The van der Waals surface area contributed by atoms with E-state index in [1.54, 1.807) is 0 Å². The van der Waals surface area contributed by atoms with Gasteiger partial charge in [0, 0.05) is 22.6 Å². The third-order valence-corrected chi connectivity index (χ3v) is 3.52. The fourth-order valence-corrected chi connectivity index (χ4v) is 2.00.